The second-order valence-electron chi connectivity index (χ2n) is 2.95. The summed E-state index contributed by atoms with van der Waals surface area (Å²) in [4.78, 5) is 19.8. The second-order valence-corrected chi connectivity index (χ2v) is 3.73. The van der Waals surface area contributed by atoms with Crippen LogP contribution in [-0.2, 0) is 9.53 Å². The number of methoxy groups -OCH3 is 1. The number of hydrogen-bond donors (Lipinski definition) is 0. The van der Waals surface area contributed by atoms with Gasteiger partial charge in [0.1, 0.15) is 0 Å². The van der Waals surface area contributed by atoms with Gasteiger partial charge in [0, 0.05) is 6.20 Å². The Morgan fingerprint density at radius 1 is 1.67 bits per heavy atom. The highest BCUT2D eigenvalue weighted by Crippen LogP contribution is 2.20. The SMILES string of the molecule is CCC(C(=O)OC)c1ccnc(SC)n1. The lowest BCUT2D eigenvalue weighted by molar-refractivity contribution is -0.142. The quantitative estimate of drug-likeness (QED) is 0.445. The highest BCUT2D eigenvalue weighted by Gasteiger charge is 2.20. The number of carbonyl (C=O) groups excluding carboxylic acids is 1. The Morgan fingerprint density at radius 3 is 2.93 bits per heavy atom. The number of carbonyl (C=O) groups is 1. The molecule has 15 heavy (non-hydrogen) atoms. The lowest BCUT2D eigenvalue weighted by atomic mass is 10.0. The fraction of sp³-hybridized carbons (Fsp3) is 0.500. The van der Waals surface area contributed by atoms with Crippen LogP contribution in [0.5, 0.6) is 0 Å². The molecule has 0 saturated heterocycles. The van der Waals surface area contributed by atoms with Gasteiger partial charge in [-0.2, -0.15) is 0 Å². The predicted octanol–water partition coefficient (Wildman–Crippen LogP) is 1.87. The van der Waals surface area contributed by atoms with Crippen molar-refractivity contribution in [2.24, 2.45) is 0 Å². The fourth-order valence-corrected chi connectivity index (χ4v) is 1.65. The molecular weight excluding hydrogens is 212 g/mol. The Balaban J connectivity index is 2.96. The minimum atomic E-state index is -0.288. The molecule has 5 heteroatoms. The summed E-state index contributed by atoms with van der Waals surface area (Å²) in [5.41, 5.74) is 0.726. The van der Waals surface area contributed by atoms with Crippen LogP contribution in [0.15, 0.2) is 17.4 Å². The maximum atomic E-state index is 11.5. The Kier molecular flexibility index (Phi) is 4.55. The van der Waals surface area contributed by atoms with Crippen LogP contribution in [0, 0.1) is 0 Å². The lowest BCUT2D eigenvalue weighted by Crippen LogP contribution is -2.15. The molecule has 0 radical (unpaired) electrons. The largest absolute Gasteiger partial charge is 0.469 e. The molecule has 1 aromatic heterocycles. The number of hydrogen-bond acceptors (Lipinski definition) is 5. The summed E-state index contributed by atoms with van der Waals surface area (Å²) in [6.07, 6.45) is 4.25. The number of rotatable bonds is 4. The molecule has 1 aromatic rings. The molecule has 0 aliphatic heterocycles. The van der Waals surface area contributed by atoms with Crippen molar-refractivity contribution in [3.8, 4) is 0 Å². The Bertz CT molecular complexity index is 344. The number of esters is 1. The monoisotopic (exact) mass is 226 g/mol. The first-order valence-electron chi connectivity index (χ1n) is 4.67. The maximum Gasteiger partial charge on any atom is 0.314 e. The first-order valence-corrected chi connectivity index (χ1v) is 5.90. The zero-order valence-corrected chi connectivity index (χ0v) is 9.87. The van der Waals surface area contributed by atoms with E-state index in [0.717, 1.165) is 5.69 Å². The molecule has 0 amide bonds. The third-order valence-corrected chi connectivity index (χ3v) is 2.65. The Morgan fingerprint density at radius 2 is 2.40 bits per heavy atom. The van der Waals surface area contributed by atoms with Crippen molar-refractivity contribution >= 4 is 17.7 Å². The summed E-state index contributed by atoms with van der Waals surface area (Å²) >= 11 is 1.46. The summed E-state index contributed by atoms with van der Waals surface area (Å²) in [6, 6.07) is 1.75. The number of thioether (sulfide) groups is 1. The van der Waals surface area contributed by atoms with E-state index < -0.39 is 0 Å². The Labute approximate surface area is 93.5 Å². The van der Waals surface area contributed by atoms with Crippen molar-refractivity contribution in [2.75, 3.05) is 13.4 Å². The summed E-state index contributed by atoms with van der Waals surface area (Å²) in [7, 11) is 1.39. The van der Waals surface area contributed by atoms with Crippen molar-refractivity contribution in [3.05, 3.63) is 18.0 Å². The number of nitrogens with zero attached hydrogens (tertiary/aromatic N) is 2. The van der Waals surface area contributed by atoms with Gasteiger partial charge < -0.3 is 4.74 Å². The molecule has 0 aliphatic carbocycles. The van der Waals surface area contributed by atoms with Crippen LogP contribution in [0.2, 0.25) is 0 Å². The molecule has 0 N–H and O–H groups in total. The van der Waals surface area contributed by atoms with Crippen LogP contribution in [0.1, 0.15) is 25.0 Å². The normalized spacial score (nSPS) is 12.2. The second kappa shape index (κ2) is 5.70. The summed E-state index contributed by atoms with van der Waals surface area (Å²) in [5, 5.41) is 0.676. The van der Waals surface area contributed by atoms with Crippen LogP contribution in [0.3, 0.4) is 0 Å². The third kappa shape index (κ3) is 2.92. The van der Waals surface area contributed by atoms with Crippen LogP contribution in [-0.4, -0.2) is 29.3 Å². The Hall–Kier alpha value is -1.10. The zero-order chi connectivity index (χ0) is 11.3. The minimum Gasteiger partial charge on any atom is -0.469 e. The van der Waals surface area contributed by atoms with E-state index in [4.69, 9.17) is 4.74 Å². The van der Waals surface area contributed by atoms with Crippen molar-refractivity contribution in [2.45, 2.75) is 24.4 Å². The molecule has 1 unspecified atom stereocenters. The molecule has 82 valence electrons. The van der Waals surface area contributed by atoms with E-state index in [-0.39, 0.29) is 11.9 Å². The molecule has 0 fully saturated rings. The number of aromatic nitrogens is 2. The minimum absolute atomic E-state index is 0.247. The predicted molar refractivity (Wildman–Crippen MR) is 58.9 cm³/mol. The first-order chi connectivity index (χ1) is 7.22. The molecule has 0 spiro atoms. The van der Waals surface area contributed by atoms with Gasteiger partial charge in [-0.25, -0.2) is 9.97 Å². The average molecular weight is 226 g/mol. The highest BCUT2D eigenvalue weighted by atomic mass is 32.2. The van der Waals surface area contributed by atoms with E-state index in [0.29, 0.717) is 11.6 Å². The molecular formula is C10H14N2O2S. The van der Waals surface area contributed by atoms with Gasteiger partial charge in [0.25, 0.3) is 0 Å². The smallest absolute Gasteiger partial charge is 0.314 e. The van der Waals surface area contributed by atoms with E-state index in [1.54, 1.807) is 12.3 Å². The lowest BCUT2D eigenvalue weighted by Gasteiger charge is -2.11. The third-order valence-electron chi connectivity index (χ3n) is 2.09. The summed E-state index contributed by atoms with van der Waals surface area (Å²) < 4.78 is 4.73. The van der Waals surface area contributed by atoms with E-state index in [1.165, 1.54) is 18.9 Å². The standard InChI is InChI=1S/C10H14N2O2S/c1-4-7(9(13)14-2)8-5-6-11-10(12-8)15-3/h5-7H,4H2,1-3H3. The van der Waals surface area contributed by atoms with Gasteiger partial charge in [0.2, 0.25) is 0 Å². The van der Waals surface area contributed by atoms with E-state index in [2.05, 4.69) is 9.97 Å². The van der Waals surface area contributed by atoms with E-state index in [1.807, 2.05) is 13.2 Å². The van der Waals surface area contributed by atoms with Gasteiger partial charge in [-0.1, -0.05) is 18.7 Å². The molecule has 1 rings (SSSR count). The molecule has 1 heterocycles. The van der Waals surface area contributed by atoms with Crippen molar-refractivity contribution in [1.29, 1.82) is 0 Å². The fourth-order valence-electron chi connectivity index (χ4n) is 1.29. The topological polar surface area (TPSA) is 52.1 Å². The van der Waals surface area contributed by atoms with Crippen molar-refractivity contribution < 1.29 is 9.53 Å². The molecule has 0 saturated carbocycles. The van der Waals surface area contributed by atoms with Crippen LogP contribution >= 0.6 is 11.8 Å². The van der Waals surface area contributed by atoms with Crippen molar-refractivity contribution in [1.82, 2.24) is 9.97 Å². The van der Waals surface area contributed by atoms with Gasteiger partial charge in [-0.05, 0) is 18.7 Å². The molecule has 4 nitrogen and oxygen atoms in total. The molecule has 0 aromatic carbocycles. The van der Waals surface area contributed by atoms with Gasteiger partial charge in [0.05, 0.1) is 18.7 Å². The highest BCUT2D eigenvalue weighted by molar-refractivity contribution is 7.98. The van der Waals surface area contributed by atoms with Gasteiger partial charge >= 0.3 is 5.97 Å². The maximum absolute atomic E-state index is 11.5. The van der Waals surface area contributed by atoms with Crippen LogP contribution in [0.4, 0.5) is 0 Å². The van der Waals surface area contributed by atoms with Gasteiger partial charge in [-0.15, -0.1) is 0 Å². The van der Waals surface area contributed by atoms with Crippen LogP contribution < -0.4 is 0 Å². The van der Waals surface area contributed by atoms with Gasteiger partial charge in [-0.3, -0.25) is 4.79 Å². The molecule has 0 bridgehead atoms. The first kappa shape index (κ1) is 12.0. The summed E-state index contributed by atoms with van der Waals surface area (Å²) in [5.74, 6) is -0.535. The van der Waals surface area contributed by atoms with E-state index in [9.17, 15) is 4.79 Å². The average Bonchev–Trinajstić information content (AvgIpc) is 2.30. The molecule has 1 atom stereocenters. The molecule has 0 aliphatic rings. The zero-order valence-electron chi connectivity index (χ0n) is 9.06. The van der Waals surface area contributed by atoms with Gasteiger partial charge in [0.15, 0.2) is 5.16 Å². The number of ether oxygens (including phenoxy) is 1. The van der Waals surface area contributed by atoms with E-state index >= 15 is 0 Å². The van der Waals surface area contributed by atoms with Crippen LogP contribution in [0.25, 0.3) is 0 Å². The van der Waals surface area contributed by atoms with Crippen molar-refractivity contribution in [3.63, 3.8) is 0 Å². The summed E-state index contributed by atoms with van der Waals surface area (Å²) in [6.45, 7) is 1.93.